The molecule has 1 heterocycles. The Morgan fingerprint density at radius 3 is 3.08 bits per heavy atom. The predicted octanol–water partition coefficient (Wildman–Crippen LogP) is -0.454. The standard InChI is InChI=1S/C9H19N3O/c1-2-12-5-3-4-8(12)6-11-7-9(10)13/h8,11H,2-7H2,1H3,(H2,10,13). The smallest absolute Gasteiger partial charge is 0.231 e. The van der Waals surface area contributed by atoms with Gasteiger partial charge < -0.3 is 11.1 Å². The molecule has 1 saturated heterocycles. The molecule has 1 atom stereocenters. The van der Waals surface area contributed by atoms with Crippen LogP contribution >= 0.6 is 0 Å². The van der Waals surface area contributed by atoms with E-state index in [-0.39, 0.29) is 5.91 Å². The van der Waals surface area contributed by atoms with Crippen LogP contribution in [0.15, 0.2) is 0 Å². The molecule has 0 saturated carbocycles. The minimum Gasteiger partial charge on any atom is -0.369 e. The van der Waals surface area contributed by atoms with Crippen molar-refractivity contribution in [2.45, 2.75) is 25.8 Å². The van der Waals surface area contributed by atoms with Crippen LogP contribution < -0.4 is 11.1 Å². The maximum absolute atomic E-state index is 10.5. The first-order valence-corrected chi connectivity index (χ1v) is 4.97. The van der Waals surface area contributed by atoms with Crippen molar-refractivity contribution in [2.24, 2.45) is 5.73 Å². The summed E-state index contributed by atoms with van der Waals surface area (Å²) in [6.07, 6.45) is 2.51. The van der Waals surface area contributed by atoms with Crippen LogP contribution in [0, 0.1) is 0 Å². The van der Waals surface area contributed by atoms with Crippen molar-refractivity contribution in [3.05, 3.63) is 0 Å². The zero-order chi connectivity index (χ0) is 9.68. The van der Waals surface area contributed by atoms with Gasteiger partial charge in [-0.15, -0.1) is 0 Å². The lowest BCUT2D eigenvalue weighted by atomic mass is 10.2. The molecule has 1 aliphatic heterocycles. The fraction of sp³-hybridized carbons (Fsp3) is 0.889. The molecule has 13 heavy (non-hydrogen) atoms. The van der Waals surface area contributed by atoms with Crippen LogP contribution in [0.4, 0.5) is 0 Å². The number of carbonyl (C=O) groups is 1. The average molecular weight is 185 g/mol. The van der Waals surface area contributed by atoms with Gasteiger partial charge >= 0.3 is 0 Å². The largest absolute Gasteiger partial charge is 0.369 e. The molecule has 0 aliphatic carbocycles. The van der Waals surface area contributed by atoms with Gasteiger partial charge in [0.2, 0.25) is 5.91 Å². The fourth-order valence-corrected chi connectivity index (χ4v) is 1.90. The van der Waals surface area contributed by atoms with Crippen LogP contribution in [-0.2, 0) is 4.79 Å². The first-order valence-electron chi connectivity index (χ1n) is 4.97. The Hall–Kier alpha value is -0.610. The minimum absolute atomic E-state index is 0.277. The molecule has 0 spiro atoms. The Kier molecular flexibility index (Phi) is 4.18. The van der Waals surface area contributed by atoms with Crippen LogP contribution in [0.2, 0.25) is 0 Å². The average Bonchev–Trinajstić information content (AvgIpc) is 2.51. The van der Waals surface area contributed by atoms with Crippen molar-refractivity contribution >= 4 is 5.91 Å². The lowest BCUT2D eigenvalue weighted by Gasteiger charge is -2.22. The number of rotatable bonds is 5. The highest BCUT2D eigenvalue weighted by Gasteiger charge is 2.21. The Bertz CT molecular complexity index is 172. The number of primary amides is 1. The maximum Gasteiger partial charge on any atom is 0.231 e. The zero-order valence-electron chi connectivity index (χ0n) is 8.25. The molecule has 1 fully saturated rings. The van der Waals surface area contributed by atoms with Crippen LogP contribution in [0.3, 0.4) is 0 Å². The van der Waals surface area contributed by atoms with E-state index in [0.717, 1.165) is 13.1 Å². The van der Waals surface area contributed by atoms with Gasteiger partial charge in [-0.3, -0.25) is 9.69 Å². The Balaban J connectivity index is 2.16. The molecule has 3 N–H and O–H groups in total. The fourth-order valence-electron chi connectivity index (χ4n) is 1.90. The summed E-state index contributed by atoms with van der Waals surface area (Å²) >= 11 is 0. The van der Waals surface area contributed by atoms with E-state index in [4.69, 9.17) is 5.73 Å². The van der Waals surface area contributed by atoms with Gasteiger partial charge in [0.05, 0.1) is 6.54 Å². The monoisotopic (exact) mass is 185 g/mol. The number of nitrogens with zero attached hydrogens (tertiary/aromatic N) is 1. The van der Waals surface area contributed by atoms with E-state index in [9.17, 15) is 4.79 Å². The molecule has 1 unspecified atom stereocenters. The number of likely N-dealkylation sites (tertiary alicyclic amines) is 1. The van der Waals surface area contributed by atoms with Gasteiger partial charge in [0.15, 0.2) is 0 Å². The van der Waals surface area contributed by atoms with E-state index < -0.39 is 0 Å². The molecule has 0 bridgehead atoms. The third-order valence-electron chi connectivity index (χ3n) is 2.58. The van der Waals surface area contributed by atoms with Crippen molar-refractivity contribution < 1.29 is 4.79 Å². The highest BCUT2D eigenvalue weighted by Crippen LogP contribution is 2.15. The molecule has 4 heteroatoms. The van der Waals surface area contributed by atoms with Gasteiger partial charge in [0.1, 0.15) is 0 Å². The van der Waals surface area contributed by atoms with E-state index in [2.05, 4.69) is 17.1 Å². The highest BCUT2D eigenvalue weighted by atomic mass is 16.1. The van der Waals surface area contributed by atoms with Gasteiger partial charge in [0.25, 0.3) is 0 Å². The quantitative estimate of drug-likeness (QED) is 0.609. The topological polar surface area (TPSA) is 58.4 Å². The second kappa shape index (κ2) is 5.19. The third-order valence-corrected chi connectivity index (χ3v) is 2.58. The predicted molar refractivity (Wildman–Crippen MR) is 52.3 cm³/mol. The lowest BCUT2D eigenvalue weighted by molar-refractivity contribution is -0.117. The number of nitrogens with one attached hydrogen (secondary N) is 1. The Morgan fingerprint density at radius 2 is 2.46 bits per heavy atom. The normalized spacial score (nSPS) is 23.6. The summed E-state index contributed by atoms with van der Waals surface area (Å²) in [4.78, 5) is 12.9. The molecule has 0 aromatic carbocycles. The summed E-state index contributed by atoms with van der Waals surface area (Å²) in [5.41, 5.74) is 5.03. The van der Waals surface area contributed by atoms with Gasteiger partial charge in [-0.1, -0.05) is 6.92 Å². The van der Waals surface area contributed by atoms with Crippen molar-refractivity contribution in [3.63, 3.8) is 0 Å². The maximum atomic E-state index is 10.5. The summed E-state index contributed by atoms with van der Waals surface area (Å²) in [5, 5.41) is 3.07. The van der Waals surface area contributed by atoms with Gasteiger partial charge in [0, 0.05) is 12.6 Å². The van der Waals surface area contributed by atoms with Gasteiger partial charge in [-0.05, 0) is 25.9 Å². The zero-order valence-corrected chi connectivity index (χ0v) is 8.25. The van der Waals surface area contributed by atoms with Crippen molar-refractivity contribution in [2.75, 3.05) is 26.2 Å². The third kappa shape index (κ3) is 3.32. The van der Waals surface area contributed by atoms with E-state index in [1.165, 1.54) is 19.4 Å². The molecular formula is C9H19N3O. The van der Waals surface area contributed by atoms with Crippen LogP contribution in [-0.4, -0.2) is 43.0 Å². The first kappa shape index (κ1) is 10.5. The highest BCUT2D eigenvalue weighted by molar-refractivity contribution is 5.75. The van der Waals surface area contributed by atoms with E-state index in [0.29, 0.717) is 12.6 Å². The molecule has 4 nitrogen and oxygen atoms in total. The van der Waals surface area contributed by atoms with E-state index in [1.54, 1.807) is 0 Å². The second-order valence-corrected chi connectivity index (χ2v) is 3.52. The van der Waals surface area contributed by atoms with Crippen molar-refractivity contribution in [3.8, 4) is 0 Å². The SMILES string of the molecule is CCN1CCCC1CNCC(N)=O. The van der Waals surface area contributed by atoms with Gasteiger partial charge in [-0.2, -0.15) is 0 Å². The van der Waals surface area contributed by atoms with Crippen LogP contribution in [0.1, 0.15) is 19.8 Å². The molecule has 0 aromatic rings. The summed E-state index contributed by atoms with van der Waals surface area (Å²) in [6, 6.07) is 0.601. The molecule has 76 valence electrons. The molecule has 0 radical (unpaired) electrons. The summed E-state index contributed by atoms with van der Waals surface area (Å²) in [6.45, 7) is 5.65. The van der Waals surface area contributed by atoms with Crippen LogP contribution in [0.25, 0.3) is 0 Å². The summed E-state index contributed by atoms with van der Waals surface area (Å²) < 4.78 is 0. The molecule has 1 amide bonds. The number of hydrogen-bond donors (Lipinski definition) is 2. The van der Waals surface area contributed by atoms with Crippen LogP contribution in [0.5, 0.6) is 0 Å². The Labute approximate surface area is 79.5 Å². The van der Waals surface area contributed by atoms with E-state index in [1.807, 2.05) is 0 Å². The number of likely N-dealkylation sites (N-methyl/N-ethyl adjacent to an activating group) is 1. The first-order chi connectivity index (χ1) is 6.24. The number of hydrogen-bond acceptors (Lipinski definition) is 3. The number of nitrogens with two attached hydrogens (primary N) is 1. The number of amides is 1. The summed E-state index contributed by atoms with van der Waals surface area (Å²) in [5.74, 6) is -0.277. The van der Waals surface area contributed by atoms with Gasteiger partial charge in [-0.25, -0.2) is 0 Å². The Morgan fingerprint density at radius 1 is 1.69 bits per heavy atom. The number of carbonyl (C=O) groups excluding carboxylic acids is 1. The molecule has 0 aromatic heterocycles. The van der Waals surface area contributed by atoms with E-state index >= 15 is 0 Å². The molecule has 1 aliphatic rings. The van der Waals surface area contributed by atoms with Crippen molar-refractivity contribution in [1.82, 2.24) is 10.2 Å². The minimum atomic E-state index is -0.277. The molecular weight excluding hydrogens is 166 g/mol. The summed E-state index contributed by atoms with van der Waals surface area (Å²) in [7, 11) is 0. The van der Waals surface area contributed by atoms with Crippen molar-refractivity contribution in [1.29, 1.82) is 0 Å². The lowest BCUT2D eigenvalue weighted by Crippen LogP contribution is -2.40. The second-order valence-electron chi connectivity index (χ2n) is 3.52. The molecule has 1 rings (SSSR count).